The van der Waals surface area contributed by atoms with Gasteiger partial charge in [0.15, 0.2) is 4.34 Å². The molecule has 0 unspecified atom stereocenters. The molecular formula is C20H14N4O3S2. The quantitative estimate of drug-likeness (QED) is 0.438. The van der Waals surface area contributed by atoms with Crippen molar-refractivity contribution in [3.8, 4) is 0 Å². The van der Waals surface area contributed by atoms with Gasteiger partial charge in [-0.05, 0) is 36.6 Å². The number of thiazole rings is 1. The first kappa shape index (κ1) is 17.9. The number of hydrogen-bond acceptors (Lipinski definition) is 7. The molecule has 3 heterocycles. The summed E-state index contributed by atoms with van der Waals surface area (Å²) in [5.74, 6) is -0.321. The fourth-order valence-electron chi connectivity index (χ4n) is 3.15. The van der Waals surface area contributed by atoms with E-state index in [0.717, 1.165) is 19.9 Å². The molecule has 3 aromatic heterocycles. The van der Waals surface area contributed by atoms with Crippen molar-refractivity contribution in [1.82, 2.24) is 14.5 Å². The summed E-state index contributed by atoms with van der Waals surface area (Å²) in [5.41, 5.74) is 2.41. The van der Waals surface area contributed by atoms with Crippen LogP contribution < -0.4 is 10.9 Å². The Labute approximate surface area is 172 Å². The maximum absolute atomic E-state index is 12.7. The van der Waals surface area contributed by atoms with E-state index in [-0.39, 0.29) is 23.6 Å². The predicted octanol–water partition coefficient (Wildman–Crippen LogP) is 4.11. The first-order chi connectivity index (χ1) is 14.1. The minimum atomic E-state index is -0.385. The van der Waals surface area contributed by atoms with Gasteiger partial charge in [-0.2, -0.15) is 0 Å². The summed E-state index contributed by atoms with van der Waals surface area (Å²) in [5, 5.41) is 3.60. The highest BCUT2D eigenvalue weighted by molar-refractivity contribution is 8.00. The van der Waals surface area contributed by atoms with E-state index < -0.39 is 0 Å². The number of nitrogens with zero attached hydrogens (tertiary/aromatic N) is 3. The van der Waals surface area contributed by atoms with Gasteiger partial charge in [-0.15, -0.1) is 11.3 Å². The van der Waals surface area contributed by atoms with Crippen LogP contribution in [0.1, 0.15) is 0 Å². The van der Waals surface area contributed by atoms with Gasteiger partial charge in [0.05, 0.1) is 16.5 Å². The van der Waals surface area contributed by atoms with Crippen LogP contribution in [0.15, 0.2) is 62.3 Å². The topological polar surface area (TPSA) is 90.0 Å². The van der Waals surface area contributed by atoms with Crippen molar-refractivity contribution in [1.29, 1.82) is 0 Å². The number of hydrogen-bond donors (Lipinski definition) is 1. The molecule has 0 saturated carbocycles. The molecule has 5 aromatic rings. The summed E-state index contributed by atoms with van der Waals surface area (Å²) in [6.45, 7) is -0.157. The highest BCUT2D eigenvalue weighted by Gasteiger charge is 2.15. The van der Waals surface area contributed by atoms with Crippen molar-refractivity contribution < 1.29 is 9.21 Å². The molecule has 1 N–H and O–H groups in total. The van der Waals surface area contributed by atoms with Crippen LogP contribution in [0.5, 0.6) is 0 Å². The molecule has 1 amide bonds. The van der Waals surface area contributed by atoms with Crippen LogP contribution >= 0.6 is 23.1 Å². The van der Waals surface area contributed by atoms with Crippen molar-refractivity contribution in [3.05, 3.63) is 59.1 Å². The molecule has 0 aliphatic rings. The van der Waals surface area contributed by atoms with Crippen LogP contribution in [0.4, 0.5) is 5.69 Å². The SMILES string of the molecule is CSc1nc2ccc(NC(=O)Cn3cnc4c(oc5ccccc54)c3=O)cc2s1. The van der Waals surface area contributed by atoms with E-state index in [4.69, 9.17) is 4.42 Å². The number of thioether (sulfide) groups is 1. The number of benzene rings is 2. The van der Waals surface area contributed by atoms with E-state index in [2.05, 4.69) is 15.3 Å². The van der Waals surface area contributed by atoms with Crippen molar-refractivity contribution in [2.45, 2.75) is 10.9 Å². The Kier molecular flexibility index (Phi) is 4.33. The number of amides is 1. The zero-order chi connectivity index (χ0) is 20.0. The second kappa shape index (κ2) is 7.02. The Morgan fingerprint density at radius 1 is 1.28 bits per heavy atom. The largest absolute Gasteiger partial charge is 0.448 e. The number of anilines is 1. The van der Waals surface area contributed by atoms with Crippen LogP contribution in [-0.4, -0.2) is 26.7 Å². The summed E-state index contributed by atoms with van der Waals surface area (Å²) in [7, 11) is 0. The highest BCUT2D eigenvalue weighted by Crippen LogP contribution is 2.30. The Bertz CT molecular complexity index is 1450. The van der Waals surface area contributed by atoms with Gasteiger partial charge in [0.1, 0.15) is 17.6 Å². The normalized spacial score (nSPS) is 11.5. The van der Waals surface area contributed by atoms with Gasteiger partial charge in [-0.3, -0.25) is 14.2 Å². The monoisotopic (exact) mass is 422 g/mol. The summed E-state index contributed by atoms with van der Waals surface area (Å²) in [6, 6.07) is 12.9. The molecule has 0 spiro atoms. The molecule has 7 nitrogen and oxygen atoms in total. The molecule has 0 atom stereocenters. The number of furan rings is 1. The molecule has 0 saturated heterocycles. The number of nitrogens with one attached hydrogen (secondary N) is 1. The molecule has 9 heteroatoms. The summed E-state index contributed by atoms with van der Waals surface area (Å²) < 4.78 is 8.86. The smallest absolute Gasteiger partial charge is 0.297 e. The lowest BCUT2D eigenvalue weighted by molar-refractivity contribution is -0.116. The maximum atomic E-state index is 12.7. The Morgan fingerprint density at radius 3 is 3.00 bits per heavy atom. The van der Waals surface area contributed by atoms with Crippen LogP contribution in [0.3, 0.4) is 0 Å². The van der Waals surface area contributed by atoms with E-state index in [1.807, 2.05) is 36.6 Å². The Morgan fingerprint density at radius 2 is 2.14 bits per heavy atom. The second-order valence-corrected chi connectivity index (χ2v) is 8.45. The molecule has 5 rings (SSSR count). The summed E-state index contributed by atoms with van der Waals surface area (Å²) in [4.78, 5) is 34.0. The summed E-state index contributed by atoms with van der Waals surface area (Å²) in [6.07, 6.45) is 3.36. The standard InChI is InChI=1S/C20H14N4O3S2/c1-28-20-23-13-7-6-11(8-15(13)29-20)22-16(25)9-24-10-21-17-12-4-2-3-5-14(12)27-18(17)19(24)26/h2-8,10H,9H2,1H3,(H,22,25). The van der Waals surface area contributed by atoms with E-state index in [9.17, 15) is 9.59 Å². The third-order valence-corrected chi connectivity index (χ3v) is 6.50. The van der Waals surface area contributed by atoms with Crippen molar-refractivity contribution in [3.63, 3.8) is 0 Å². The lowest BCUT2D eigenvalue weighted by Gasteiger charge is -2.07. The second-order valence-electron chi connectivity index (χ2n) is 6.37. The lowest BCUT2D eigenvalue weighted by Crippen LogP contribution is -2.27. The summed E-state index contributed by atoms with van der Waals surface area (Å²) >= 11 is 3.16. The van der Waals surface area contributed by atoms with Gasteiger partial charge in [0, 0.05) is 11.1 Å². The molecule has 29 heavy (non-hydrogen) atoms. The maximum Gasteiger partial charge on any atom is 0.297 e. The zero-order valence-corrected chi connectivity index (χ0v) is 16.8. The predicted molar refractivity (Wildman–Crippen MR) is 116 cm³/mol. The van der Waals surface area contributed by atoms with Crippen molar-refractivity contribution in [2.75, 3.05) is 11.6 Å². The fraction of sp³-hybridized carbons (Fsp3) is 0.100. The number of carbonyl (C=O) groups is 1. The molecule has 144 valence electrons. The first-order valence-corrected chi connectivity index (χ1v) is 10.8. The van der Waals surface area contributed by atoms with Crippen LogP contribution in [0, 0.1) is 0 Å². The third-order valence-electron chi connectivity index (χ3n) is 4.49. The number of fused-ring (bicyclic) bond motifs is 4. The molecule has 2 aromatic carbocycles. The number of para-hydroxylation sites is 1. The minimum Gasteiger partial charge on any atom is -0.448 e. The molecule has 0 aliphatic carbocycles. The van der Waals surface area contributed by atoms with Crippen LogP contribution in [-0.2, 0) is 11.3 Å². The third kappa shape index (κ3) is 3.18. The number of rotatable bonds is 4. The van der Waals surface area contributed by atoms with Gasteiger partial charge in [-0.25, -0.2) is 9.97 Å². The molecule has 0 fully saturated rings. The van der Waals surface area contributed by atoms with Gasteiger partial charge < -0.3 is 9.73 Å². The van der Waals surface area contributed by atoms with E-state index in [1.165, 1.54) is 10.9 Å². The van der Waals surface area contributed by atoms with E-state index in [1.54, 1.807) is 35.2 Å². The van der Waals surface area contributed by atoms with Crippen molar-refractivity contribution >= 4 is 67.0 Å². The average Bonchev–Trinajstić information content (AvgIpc) is 3.31. The lowest BCUT2D eigenvalue weighted by atomic mass is 10.2. The van der Waals surface area contributed by atoms with Crippen LogP contribution in [0.2, 0.25) is 0 Å². The highest BCUT2D eigenvalue weighted by atomic mass is 32.2. The van der Waals surface area contributed by atoms with Gasteiger partial charge in [-0.1, -0.05) is 23.9 Å². The Balaban J connectivity index is 1.41. The van der Waals surface area contributed by atoms with Gasteiger partial charge in [0.2, 0.25) is 11.5 Å². The Hall–Kier alpha value is -3.17. The number of carbonyl (C=O) groups excluding carboxylic acids is 1. The molecule has 0 bridgehead atoms. The first-order valence-electron chi connectivity index (χ1n) is 8.73. The fourth-order valence-corrected chi connectivity index (χ4v) is 4.68. The van der Waals surface area contributed by atoms with Gasteiger partial charge in [0.25, 0.3) is 5.56 Å². The van der Waals surface area contributed by atoms with E-state index in [0.29, 0.717) is 16.8 Å². The molecule has 0 aliphatic heterocycles. The van der Waals surface area contributed by atoms with E-state index >= 15 is 0 Å². The minimum absolute atomic E-state index is 0.150. The average molecular weight is 422 g/mol. The molecule has 0 radical (unpaired) electrons. The number of aromatic nitrogens is 3. The molecular weight excluding hydrogens is 408 g/mol. The van der Waals surface area contributed by atoms with Crippen molar-refractivity contribution in [2.24, 2.45) is 0 Å². The van der Waals surface area contributed by atoms with Crippen LogP contribution in [0.25, 0.3) is 32.3 Å². The van der Waals surface area contributed by atoms with Gasteiger partial charge >= 0.3 is 0 Å². The zero-order valence-electron chi connectivity index (χ0n) is 15.2.